The van der Waals surface area contributed by atoms with Crippen LogP contribution in [0.15, 0.2) is 30.3 Å². The van der Waals surface area contributed by atoms with Gasteiger partial charge in [-0.05, 0) is 75.3 Å². The smallest absolute Gasteiger partial charge is 0.00509 e. The van der Waals surface area contributed by atoms with Gasteiger partial charge in [0.1, 0.15) is 0 Å². The zero-order chi connectivity index (χ0) is 21.6. The van der Waals surface area contributed by atoms with Gasteiger partial charge in [-0.25, -0.2) is 0 Å². The summed E-state index contributed by atoms with van der Waals surface area (Å²) in [5, 5.41) is 0. The molecule has 2 rings (SSSR count). The molecule has 1 heteroatoms. The largest absolute Gasteiger partial charge is 0.328 e. The summed E-state index contributed by atoms with van der Waals surface area (Å²) in [7, 11) is 0. The van der Waals surface area contributed by atoms with Crippen molar-refractivity contribution in [2.45, 2.75) is 95.0 Å². The van der Waals surface area contributed by atoms with Crippen molar-refractivity contribution in [3.63, 3.8) is 0 Å². The van der Waals surface area contributed by atoms with Crippen LogP contribution in [-0.2, 0) is 12.8 Å². The predicted molar refractivity (Wildman–Crippen MR) is 126 cm³/mol. The van der Waals surface area contributed by atoms with E-state index in [1.54, 1.807) is 0 Å². The number of hydrogen-bond acceptors (Lipinski definition) is 1. The van der Waals surface area contributed by atoms with Gasteiger partial charge in [-0.2, -0.15) is 0 Å². The summed E-state index contributed by atoms with van der Waals surface area (Å²) in [5.41, 5.74) is 15.6. The van der Waals surface area contributed by atoms with Gasteiger partial charge >= 0.3 is 0 Å². The van der Waals surface area contributed by atoms with E-state index in [1.165, 1.54) is 38.9 Å². The molecule has 2 aromatic rings. The second kappa shape index (κ2) is 15.5. The highest BCUT2D eigenvalue weighted by atomic mass is 14.6. The summed E-state index contributed by atoms with van der Waals surface area (Å²) in [5.74, 6) is 0. The molecular formula is C26H45N. The SMILES string of the molecule is CC.CC.CC.Cc1cc(C)cc(Cc2c(C)cc(CC(C)N)cc2C)c1. The first-order valence-electron chi connectivity index (χ1n) is 10.8. The van der Waals surface area contributed by atoms with E-state index >= 15 is 0 Å². The van der Waals surface area contributed by atoms with Gasteiger partial charge in [0.15, 0.2) is 0 Å². The highest BCUT2D eigenvalue weighted by molar-refractivity contribution is 5.42. The zero-order valence-electron chi connectivity index (χ0n) is 20.0. The summed E-state index contributed by atoms with van der Waals surface area (Å²) >= 11 is 0. The summed E-state index contributed by atoms with van der Waals surface area (Å²) < 4.78 is 0. The van der Waals surface area contributed by atoms with Gasteiger partial charge in [-0.1, -0.05) is 83.0 Å². The Hall–Kier alpha value is -1.60. The van der Waals surface area contributed by atoms with Crippen LogP contribution in [0.25, 0.3) is 0 Å². The van der Waals surface area contributed by atoms with Crippen molar-refractivity contribution in [3.8, 4) is 0 Å². The van der Waals surface area contributed by atoms with Crippen LogP contribution in [0.2, 0.25) is 0 Å². The fourth-order valence-corrected chi connectivity index (χ4v) is 3.23. The maximum absolute atomic E-state index is 5.92. The molecule has 0 aromatic heterocycles. The van der Waals surface area contributed by atoms with Gasteiger partial charge < -0.3 is 5.73 Å². The van der Waals surface area contributed by atoms with E-state index in [0.29, 0.717) is 0 Å². The average Bonchev–Trinajstić information content (AvgIpc) is 2.62. The molecule has 0 aliphatic heterocycles. The number of rotatable bonds is 4. The molecule has 1 atom stereocenters. The lowest BCUT2D eigenvalue weighted by Crippen LogP contribution is -2.18. The van der Waals surface area contributed by atoms with E-state index < -0.39 is 0 Å². The minimum atomic E-state index is 0.217. The Morgan fingerprint density at radius 3 is 1.44 bits per heavy atom. The standard InChI is InChI=1S/C20H27N.3C2H6/c1-13-6-14(2)8-18(7-13)12-20-15(3)9-19(10-16(20)4)11-17(5)21;3*1-2/h6-10,17H,11-12,21H2,1-5H3;3*1-2H3. The lowest BCUT2D eigenvalue weighted by atomic mass is 9.91. The Morgan fingerprint density at radius 2 is 1.07 bits per heavy atom. The molecule has 0 aliphatic rings. The Bertz CT molecular complexity index is 595. The quantitative estimate of drug-likeness (QED) is 0.592. The van der Waals surface area contributed by atoms with Crippen molar-refractivity contribution in [1.29, 1.82) is 0 Å². The molecule has 0 spiro atoms. The topological polar surface area (TPSA) is 26.0 Å². The molecular weight excluding hydrogens is 326 g/mol. The zero-order valence-corrected chi connectivity index (χ0v) is 20.0. The molecule has 1 nitrogen and oxygen atoms in total. The van der Waals surface area contributed by atoms with Crippen LogP contribution in [0.1, 0.15) is 87.4 Å². The first-order chi connectivity index (χ1) is 12.8. The first kappa shape index (κ1) is 27.6. The van der Waals surface area contributed by atoms with Gasteiger partial charge in [0, 0.05) is 6.04 Å². The van der Waals surface area contributed by atoms with Crippen LogP contribution < -0.4 is 5.73 Å². The molecule has 2 aromatic carbocycles. The maximum atomic E-state index is 5.92. The molecule has 2 N–H and O–H groups in total. The van der Waals surface area contributed by atoms with Crippen LogP contribution in [0.4, 0.5) is 0 Å². The van der Waals surface area contributed by atoms with E-state index in [2.05, 4.69) is 65.0 Å². The fourth-order valence-electron chi connectivity index (χ4n) is 3.23. The van der Waals surface area contributed by atoms with Crippen molar-refractivity contribution >= 4 is 0 Å². The third kappa shape index (κ3) is 10.3. The molecule has 0 radical (unpaired) electrons. The molecule has 0 bridgehead atoms. The third-order valence-corrected chi connectivity index (χ3v) is 3.98. The normalized spacial score (nSPS) is 10.4. The van der Waals surface area contributed by atoms with Crippen LogP contribution in [-0.4, -0.2) is 6.04 Å². The molecule has 154 valence electrons. The summed E-state index contributed by atoms with van der Waals surface area (Å²) in [6.07, 6.45) is 1.96. The van der Waals surface area contributed by atoms with Crippen LogP contribution >= 0.6 is 0 Å². The Morgan fingerprint density at radius 1 is 0.667 bits per heavy atom. The number of aryl methyl sites for hydroxylation is 4. The van der Waals surface area contributed by atoms with Crippen LogP contribution in [0.3, 0.4) is 0 Å². The average molecular weight is 372 g/mol. The molecule has 0 heterocycles. The highest BCUT2D eigenvalue weighted by Gasteiger charge is 2.08. The molecule has 0 fully saturated rings. The molecule has 0 saturated carbocycles. The third-order valence-electron chi connectivity index (χ3n) is 3.98. The van der Waals surface area contributed by atoms with E-state index in [-0.39, 0.29) is 6.04 Å². The predicted octanol–water partition coefficient (Wildman–Crippen LogP) is 7.48. The Kier molecular flexibility index (Phi) is 15.8. The molecule has 27 heavy (non-hydrogen) atoms. The minimum absolute atomic E-state index is 0.217. The van der Waals surface area contributed by atoms with Crippen molar-refractivity contribution < 1.29 is 0 Å². The van der Waals surface area contributed by atoms with E-state index in [4.69, 9.17) is 5.73 Å². The second-order valence-corrected chi connectivity index (χ2v) is 6.56. The molecule has 0 aliphatic carbocycles. The molecule has 0 amide bonds. The summed E-state index contributed by atoms with van der Waals surface area (Å²) in [6.45, 7) is 22.8. The van der Waals surface area contributed by atoms with Crippen molar-refractivity contribution in [1.82, 2.24) is 0 Å². The van der Waals surface area contributed by atoms with Gasteiger partial charge in [-0.3, -0.25) is 0 Å². The van der Waals surface area contributed by atoms with E-state index in [9.17, 15) is 0 Å². The molecule has 1 unspecified atom stereocenters. The second-order valence-electron chi connectivity index (χ2n) is 6.56. The van der Waals surface area contributed by atoms with Gasteiger partial charge in [0.2, 0.25) is 0 Å². The number of nitrogens with two attached hydrogens (primary N) is 1. The Balaban J connectivity index is 0. The van der Waals surface area contributed by atoms with Gasteiger partial charge in [0.25, 0.3) is 0 Å². The van der Waals surface area contributed by atoms with Gasteiger partial charge in [0.05, 0.1) is 0 Å². The van der Waals surface area contributed by atoms with Crippen LogP contribution in [0.5, 0.6) is 0 Å². The maximum Gasteiger partial charge on any atom is 0.00509 e. The van der Waals surface area contributed by atoms with E-state index in [1.807, 2.05) is 41.5 Å². The van der Waals surface area contributed by atoms with E-state index in [0.717, 1.165) is 12.8 Å². The first-order valence-corrected chi connectivity index (χ1v) is 10.8. The van der Waals surface area contributed by atoms with Crippen molar-refractivity contribution in [3.05, 3.63) is 69.3 Å². The lowest BCUT2D eigenvalue weighted by Gasteiger charge is -2.15. The lowest BCUT2D eigenvalue weighted by molar-refractivity contribution is 0.736. The van der Waals surface area contributed by atoms with Crippen molar-refractivity contribution in [2.75, 3.05) is 0 Å². The molecule has 0 saturated heterocycles. The monoisotopic (exact) mass is 371 g/mol. The van der Waals surface area contributed by atoms with Crippen LogP contribution in [0, 0.1) is 27.7 Å². The minimum Gasteiger partial charge on any atom is -0.328 e. The number of hydrogen-bond donors (Lipinski definition) is 1. The summed E-state index contributed by atoms with van der Waals surface area (Å²) in [6, 6.07) is 11.6. The Labute approximate surface area is 170 Å². The number of benzene rings is 2. The van der Waals surface area contributed by atoms with Gasteiger partial charge in [-0.15, -0.1) is 0 Å². The highest BCUT2D eigenvalue weighted by Crippen LogP contribution is 2.22. The van der Waals surface area contributed by atoms with Crippen molar-refractivity contribution in [2.24, 2.45) is 5.73 Å². The summed E-state index contributed by atoms with van der Waals surface area (Å²) in [4.78, 5) is 0. The fraction of sp³-hybridized carbons (Fsp3) is 0.538.